The molecule has 0 amide bonds. The van der Waals surface area contributed by atoms with Crippen LogP contribution in [0.4, 0.5) is 5.69 Å². The van der Waals surface area contributed by atoms with Gasteiger partial charge in [0.25, 0.3) is 0 Å². The Hall–Kier alpha value is -3.08. The van der Waals surface area contributed by atoms with Crippen molar-refractivity contribution in [2.75, 3.05) is 14.2 Å². The molecule has 0 aliphatic carbocycles. The number of methoxy groups -OCH3 is 1. The number of ether oxygens (including phenoxy) is 2. The molecule has 8 heteroatoms. The van der Waals surface area contributed by atoms with E-state index in [1.807, 2.05) is 49.2 Å². The van der Waals surface area contributed by atoms with E-state index >= 15 is 0 Å². The maximum absolute atomic E-state index is 9.72. The molecule has 0 saturated heterocycles. The molecule has 0 spiro atoms. The number of hydrogen-bond donors (Lipinski definition) is 0. The Bertz CT molecular complexity index is 1130. The normalized spacial score (nSPS) is 11.0. The number of rotatable bonds is 7. The Kier molecular flexibility index (Phi) is 7.16. The highest BCUT2D eigenvalue weighted by Crippen LogP contribution is 2.40. The highest BCUT2D eigenvalue weighted by atomic mass is 35.5. The first kappa shape index (κ1) is 22.6. The third kappa shape index (κ3) is 5.16. The number of hydrogen-bond acceptors (Lipinski definition) is 6. The first-order valence-corrected chi connectivity index (χ1v) is 10.8. The van der Waals surface area contributed by atoms with E-state index in [-0.39, 0.29) is 0 Å². The zero-order chi connectivity index (χ0) is 22.5. The summed E-state index contributed by atoms with van der Waals surface area (Å²) in [5.74, 6) is 1.19. The van der Waals surface area contributed by atoms with Crippen LogP contribution in [0.3, 0.4) is 0 Å². The summed E-state index contributed by atoms with van der Waals surface area (Å²) in [6.45, 7) is 6.11. The highest BCUT2D eigenvalue weighted by Gasteiger charge is 2.19. The van der Waals surface area contributed by atoms with E-state index in [9.17, 15) is 5.26 Å². The van der Waals surface area contributed by atoms with Gasteiger partial charge in [-0.25, -0.2) is 4.99 Å². The van der Waals surface area contributed by atoms with E-state index in [4.69, 9.17) is 21.1 Å². The number of aliphatic imine (C=N–C) groups is 1. The molecule has 2 aromatic carbocycles. The summed E-state index contributed by atoms with van der Waals surface area (Å²) >= 11 is 7.57. The molecule has 1 aromatic heterocycles. The molecular formula is C23H23ClN4O2S. The van der Waals surface area contributed by atoms with E-state index in [1.54, 1.807) is 19.5 Å². The number of halogens is 1. The topological polar surface area (TPSA) is 70.7 Å². The Morgan fingerprint density at radius 1 is 1.26 bits per heavy atom. The Morgan fingerprint density at radius 3 is 2.58 bits per heavy atom. The maximum atomic E-state index is 9.72. The SMILES string of the molecule is COc1ccc(-c2nsc(Oc3cc(C)c(/N=C\N(C)C(C)C)cc3Cl)c2C#N)cc1. The van der Waals surface area contributed by atoms with Gasteiger partial charge in [0, 0.05) is 30.2 Å². The van der Waals surface area contributed by atoms with Gasteiger partial charge in [0.15, 0.2) is 0 Å². The fraction of sp³-hybridized carbons (Fsp3) is 0.261. The molecule has 0 N–H and O–H groups in total. The second-order valence-corrected chi connectivity index (χ2v) is 8.35. The third-order valence-electron chi connectivity index (χ3n) is 4.78. The second kappa shape index (κ2) is 9.82. The lowest BCUT2D eigenvalue weighted by Gasteiger charge is -2.17. The van der Waals surface area contributed by atoms with E-state index < -0.39 is 0 Å². The molecule has 31 heavy (non-hydrogen) atoms. The van der Waals surface area contributed by atoms with Gasteiger partial charge in [-0.05, 0) is 62.7 Å². The number of aryl methyl sites for hydroxylation is 1. The molecule has 3 aromatic rings. The third-order valence-corrected chi connectivity index (χ3v) is 5.81. The van der Waals surface area contributed by atoms with Crippen molar-refractivity contribution in [1.29, 1.82) is 5.26 Å². The molecule has 160 valence electrons. The van der Waals surface area contributed by atoms with Gasteiger partial charge in [0.05, 0.1) is 24.2 Å². The monoisotopic (exact) mass is 454 g/mol. The zero-order valence-electron chi connectivity index (χ0n) is 18.0. The number of aromatic nitrogens is 1. The summed E-state index contributed by atoms with van der Waals surface area (Å²) in [5.41, 5.74) is 3.41. The zero-order valence-corrected chi connectivity index (χ0v) is 19.6. The van der Waals surface area contributed by atoms with Gasteiger partial charge in [-0.2, -0.15) is 9.64 Å². The Balaban J connectivity index is 1.88. The summed E-state index contributed by atoms with van der Waals surface area (Å²) in [6.07, 6.45) is 1.78. The quantitative estimate of drug-likeness (QED) is 0.303. The molecule has 1 heterocycles. The van der Waals surface area contributed by atoms with E-state index in [0.29, 0.717) is 33.1 Å². The molecular weight excluding hydrogens is 432 g/mol. The summed E-state index contributed by atoms with van der Waals surface area (Å²) in [5, 5.41) is 10.5. The Morgan fingerprint density at radius 2 is 1.97 bits per heavy atom. The van der Waals surface area contributed by atoms with Crippen molar-refractivity contribution >= 4 is 35.2 Å². The van der Waals surface area contributed by atoms with Crippen molar-refractivity contribution in [1.82, 2.24) is 9.27 Å². The predicted octanol–water partition coefficient (Wildman–Crippen LogP) is 6.44. The smallest absolute Gasteiger partial charge is 0.218 e. The van der Waals surface area contributed by atoms with Crippen LogP contribution in [0.5, 0.6) is 16.6 Å². The summed E-state index contributed by atoms with van der Waals surface area (Å²) in [7, 11) is 3.57. The lowest BCUT2D eigenvalue weighted by atomic mass is 10.1. The van der Waals surface area contributed by atoms with E-state index in [0.717, 1.165) is 34.1 Å². The lowest BCUT2D eigenvalue weighted by Crippen LogP contribution is -2.24. The predicted molar refractivity (Wildman–Crippen MR) is 126 cm³/mol. The number of nitrogens with zero attached hydrogens (tertiary/aromatic N) is 4. The van der Waals surface area contributed by atoms with Crippen molar-refractivity contribution in [2.45, 2.75) is 26.8 Å². The van der Waals surface area contributed by atoms with Crippen LogP contribution in [-0.4, -0.2) is 35.8 Å². The van der Waals surface area contributed by atoms with Crippen molar-refractivity contribution in [3.05, 3.63) is 52.5 Å². The van der Waals surface area contributed by atoms with Crippen molar-refractivity contribution < 1.29 is 9.47 Å². The standard InChI is InChI=1S/C23H23ClN4O2S/c1-14(2)28(4)13-26-20-11-19(24)21(10-15(20)3)30-23-18(12-25)22(27-31-23)16-6-8-17(29-5)9-7-16/h6-11,13-14H,1-5H3/b26-13-. The Labute approximate surface area is 191 Å². The van der Waals surface area contributed by atoms with Gasteiger partial charge in [-0.3, -0.25) is 0 Å². The molecule has 0 unspecified atom stereocenters. The van der Waals surface area contributed by atoms with Crippen LogP contribution in [0.2, 0.25) is 5.02 Å². The van der Waals surface area contributed by atoms with Crippen LogP contribution >= 0.6 is 23.1 Å². The molecule has 0 aliphatic rings. The molecule has 0 fully saturated rings. The molecule has 6 nitrogen and oxygen atoms in total. The molecule has 0 radical (unpaired) electrons. The van der Waals surface area contributed by atoms with Crippen molar-refractivity contribution in [3.8, 4) is 33.9 Å². The van der Waals surface area contributed by atoms with Crippen LogP contribution < -0.4 is 9.47 Å². The first-order valence-electron chi connectivity index (χ1n) is 9.62. The molecule has 0 bridgehead atoms. The van der Waals surface area contributed by atoms with Gasteiger partial charge in [0.2, 0.25) is 5.06 Å². The second-order valence-electron chi connectivity index (χ2n) is 7.21. The van der Waals surface area contributed by atoms with Crippen molar-refractivity contribution in [3.63, 3.8) is 0 Å². The molecule has 3 rings (SSSR count). The first-order chi connectivity index (χ1) is 14.8. The minimum atomic E-state index is 0.345. The fourth-order valence-electron chi connectivity index (χ4n) is 2.64. The van der Waals surface area contributed by atoms with Crippen LogP contribution in [0, 0.1) is 18.3 Å². The minimum Gasteiger partial charge on any atom is -0.497 e. The van der Waals surface area contributed by atoms with Gasteiger partial charge in [-0.15, -0.1) is 0 Å². The van der Waals surface area contributed by atoms with Crippen LogP contribution in [0.25, 0.3) is 11.3 Å². The van der Waals surface area contributed by atoms with Gasteiger partial charge >= 0.3 is 0 Å². The van der Waals surface area contributed by atoms with Gasteiger partial charge < -0.3 is 14.4 Å². The average molecular weight is 455 g/mol. The maximum Gasteiger partial charge on any atom is 0.218 e. The number of benzene rings is 2. The lowest BCUT2D eigenvalue weighted by molar-refractivity contribution is 0.415. The van der Waals surface area contributed by atoms with E-state index in [1.165, 1.54) is 0 Å². The molecule has 0 aliphatic heterocycles. The van der Waals surface area contributed by atoms with Crippen LogP contribution in [0.15, 0.2) is 41.4 Å². The van der Waals surface area contributed by atoms with Crippen molar-refractivity contribution in [2.24, 2.45) is 4.99 Å². The highest BCUT2D eigenvalue weighted by molar-refractivity contribution is 7.08. The molecule has 0 atom stereocenters. The van der Waals surface area contributed by atoms with Gasteiger partial charge in [0.1, 0.15) is 28.8 Å². The summed E-state index contributed by atoms with van der Waals surface area (Å²) in [4.78, 5) is 6.53. The summed E-state index contributed by atoms with van der Waals surface area (Å²) < 4.78 is 15.6. The van der Waals surface area contributed by atoms with Crippen LogP contribution in [-0.2, 0) is 0 Å². The van der Waals surface area contributed by atoms with E-state index in [2.05, 4.69) is 29.3 Å². The minimum absolute atomic E-state index is 0.345. The largest absolute Gasteiger partial charge is 0.497 e. The molecule has 0 saturated carbocycles. The number of nitriles is 1. The van der Waals surface area contributed by atoms with Crippen LogP contribution in [0.1, 0.15) is 25.0 Å². The fourth-order valence-corrected chi connectivity index (χ4v) is 3.57. The van der Waals surface area contributed by atoms with Gasteiger partial charge in [-0.1, -0.05) is 11.6 Å². The summed E-state index contributed by atoms with van der Waals surface area (Å²) in [6, 6.07) is 13.5. The average Bonchev–Trinajstić information content (AvgIpc) is 3.17.